The summed E-state index contributed by atoms with van der Waals surface area (Å²) in [7, 11) is 0. The molecule has 1 nitrogen and oxygen atoms in total. The Labute approximate surface area is 130 Å². The fourth-order valence-electron chi connectivity index (χ4n) is 14.6. The Balaban J connectivity index is 1.48. The molecule has 0 heterocycles. The predicted molar refractivity (Wildman–Crippen MR) is 77.1 cm³/mol. The van der Waals surface area contributed by atoms with Gasteiger partial charge in [0.15, 0.2) is 0 Å². The summed E-state index contributed by atoms with van der Waals surface area (Å²) < 4.78 is 0. The Bertz CT molecular complexity index is 683. The largest absolute Gasteiger partial charge is 0.303 e. The van der Waals surface area contributed by atoms with Gasteiger partial charge in [-0.1, -0.05) is 0 Å². The second kappa shape index (κ2) is 2.25. The number of aldehydes is 1. The Morgan fingerprint density at radius 3 is 1.64 bits per heavy atom. The first-order valence-corrected chi connectivity index (χ1v) is 10.4. The summed E-state index contributed by atoms with van der Waals surface area (Å²) in [6.45, 7) is 0. The van der Waals surface area contributed by atoms with Crippen molar-refractivity contribution in [3.63, 3.8) is 0 Å². The first kappa shape index (κ1) is 9.84. The van der Waals surface area contributed by atoms with E-state index in [2.05, 4.69) is 0 Å². The van der Waals surface area contributed by atoms with Crippen molar-refractivity contribution in [1.82, 2.24) is 0 Å². The van der Waals surface area contributed by atoms with Gasteiger partial charge in [-0.2, -0.15) is 0 Å². The lowest BCUT2D eigenvalue weighted by Crippen LogP contribution is -2.39. The summed E-state index contributed by atoms with van der Waals surface area (Å²) in [5.74, 6) is 18.2. The lowest BCUT2D eigenvalue weighted by Gasteiger charge is -2.39. The van der Waals surface area contributed by atoms with E-state index in [9.17, 15) is 4.79 Å². The lowest BCUT2D eigenvalue weighted by molar-refractivity contribution is -0.122. The van der Waals surface area contributed by atoms with Crippen molar-refractivity contribution in [2.45, 2.75) is 12.8 Å². The molecule has 10 rings (SSSR count). The molecule has 0 aromatic heterocycles. The van der Waals surface area contributed by atoms with Crippen LogP contribution in [0.25, 0.3) is 0 Å². The van der Waals surface area contributed by atoms with Crippen LogP contribution in [0.2, 0.25) is 0 Å². The molecule has 0 aromatic rings. The van der Waals surface area contributed by atoms with Crippen LogP contribution in [-0.4, -0.2) is 6.29 Å². The average molecular weight is 290 g/mol. The highest BCUT2D eigenvalue weighted by Crippen LogP contribution is 2.98. The quantitative estimate of drug-likeness (QED) is 0.678. The van der Waals surface area contributed by atoms with Crippen molar-refractivity contribution in [3.05, 3.63) is 0 Å². The summed E-state index contributed by atoms with van der Waals surface area (Å²) in [6, 6.07) is 0. The molecule has 10 aliphatic rings. The van der Waals surface area contributed by atoms with E-state index in [-0.39, 0.29) is 5.41 Å². The molecule has 0 saturated heterocycles. The van der Waals surface area contributed by atoms with Crippen LogP contribution in [0.5, 0.6) is 0 Å². The van der Waals surface area contributed by atoms with Gasteiger partial charge in [0.05, 0.1) is 0 Å². The summed E-state index contributed by atoms with van der Waals surface area (Å²) in [6.07, 6.45) is 4.81. The van der Waals surface area contributed by atoms with Crippen molar-refractivity contribution in [2.24, 2.45) is 106 Å². The van der Waals surface area contributed by atoms with Crippen molar-refractivity contribution in [2.75, 3.05) is 0 Å². The molecule has 0 amide bonds. The zero-order chi connectivity index (χ0) is 13.4. The van der Waals surface area contributed by atoms with E-state index in [1.54, 1.807) is 19.1 Å². The highest BCUT2D eigenvalue weighted by molar-refractivity contribution is 5.68. The van der Waals surface area contributed by atoms with Gasteiger partial charge in [0.25, 0.3) is 0 Å². The molecular weight excluding hydrogens is 268 g/mol. The SMILES string of the molecule is O=CC12C3[C@@H]4C[C@@H]5C6C7[C@@H]8[C@@H]5[C@@H]4[C@@H]1[C@@H]8[C@@H]1[C@@H]7[C@H]4[C@H]([C@H]12)[C@H]3C[C@@H]64. The maximum atomic E-state index is 12.7. The van der Waals surface area contributed by atoms with E-state index in [4.69, 9.17) is 0 Å². The van der Waals surface area contributed by atoms with Crippen LogP contribution in [0.1, 0.15) is 12.8 Å². The minimum absolute atomic E-state index is 0.241. The van der Waals surface area contributed by atoms with Gasteiger partial charge in [0.2, 0.25) is 0 Å². The molecule has 4 unspecified atom stereocenters. The Morgan fingerprint density at radius 1 is 0.545 bits per heavy atom. The van der Waals surface area contributed by atoms with Crippen LogP contribution < -0.4 is 0 Å². The smallest absolute Gasteiger partial charge is 0.127 e. The molecule has 18 atom stereocenters. The molecule has 0 spiro atoms. The van der Waals surface area contributed by atoms with Gasteiger partial charge in [-0.3, -0.25) is 0 Å². The topological polar surface area (TPSA) is 17.1 Å². The number of fused-ring (bicyclic) bond motifs is 4. The van der Waals surface area contributed by atoms with E-state index in [0.717, 1.165) is 88.8 Å². The Kier molecular flexibility index (Phi) is 1.00. The maximum absolute atomic E-state index is 12.7. The summed E-state index contributed by atoms with van der Waals surface area (Å²) in [5, 5.41) is 0. The summed E-state index contributed by atoms with van der Waals surface area (Å²) >= 11 is 0. The monoisotopic (exact) mass is 290 g/mol. The normalized spacial score (nSPS) is 94.8. The molecule has 1 heteroatoms. The average Bonchev–Trinajstić information content (AvgIpc) is 3.22. The number of hydrogen-bond acceptors (Lipinski definition) is 1. The van der Waals surface area contributed by atoms with Gasteiger partial charge in [-0.25, -0.2) is 0 Å². The van der Waals surface area contributed by atoms with Gasteiger partial charge >= 0.3 is 0 Å². The number of rotatable bonds is 1. The van der Waals surface area contributed by atoms with E-state index < -0.39 is 0 Å². The molecule has 112 valence electrons. The van der Waals surface area contributed by atoms with Crippen LogP contribution in [0.3, 0.4) is 0 Å². The predicted octanol–water partition coefficient (Wildman–Crippen LogP) is 2.56. The third-order valence-corrected chi connectivity index (χ3v) is 13.0. The highest BCUT2D eigenvalue weighted by Gasteiger charge is 2.96. The van der Waals surface area contributed by atoms with Crippen LogP contribution >= 0.6 is 0 Å². The van der Waals surface area contributed by atoms with Crippen LogP contribution in [0.4, 0.5) is 0 Å². The minimum atomic E-state index is 0.241. The third-order valence-electron chi connectivity index (χ3n) is 13.0. The molecular formula is C21H22O. The van der Waals surface area contributed by atoms with E-state index in [1.807, 2.05) is 0 Å². The molecule has 10 saturated carbocycles. The fraction of sp³-hybridized carbons (Fsp3) is 0.952. The number of hydrogen-bond donors (Lipinski definition) is 0. The van der Waals surface area contributed by atoms with Crippen LogP contribution in [-0.2, 0) is 4.79 Å². The molecule has 0 aromatic carbocycles. The standard InChI is InChI=1S/C21H22O/c22-3-21-18-6-1-4-8-5-2-7(18)12-10(5)15-13(8)14-9(4)11(6)19(21)16(14)17(15)20(12)21/h3-20H,1-2H2/t4-,5+,6-,7-,8?,9+,10-,11-,12-,13?,14+,15-,16+,17+,18?,19-,20-,21?/m1/s1. The Morgan fingerprint density at radius 2 is 1.09 bits per heavy atom. The third kappa shape index (κ3) is 0.504. The van der Waals surface area contributed by atoms with Crippen molar-refractivity contribution in [3.8, 4) is 0 Å². The van der Waals surface area contributed by atoms with Crippen LogP contribution in [0, 0.1) is 106 Å². The van der Waals surface area contributed by atoms with E-state index in [1.165, 1.54) is 11.8 Å². The molecule has 0 bridgehead atoms. The Hall–Kier alpha value is -0.330. The fourth-order valence-corrected chi connectivity index (χ4v) is 14.6. The van der Waals surface area contributed by atoms with Gasteiger partial charge in [-0.05, 0) is 113 Å². The van der Waals surface area contributed by atoms with Crippen LogP contribution in [0.15, 0.2) is 0 Å². The van der Waals surface area contributed by atoms with Gasteiger partial charge in [0, 0.05) is 5.41 Å². The maximum Gasteiger partial charge on any atom is 0.127 e. The van der Waals surface area contributed by atoms with Crippen molar-refractivity contribution >= 4 is 6.29 Å². The van der Waals surface area contributed by atoms with E-state index in [0.29, 0.717) is 0 Å². The zero-order valence-corrected chi connectivity index (χ0v) is 12.7. The second-order valence-electron chi connectivity index (χ2n) is 11.6. The molecule has 10 fully saturated rings. The number of carbonyl (C=O) groups is 1. The lowest BCUT2D eigenvalue weighted by atomic mass is 9.64. The zero-order valence-electron chi connectivity index (χ0n) is 12.7. The minimum Gasteiger partial charge on any atom is -0.303 e. The number of carbonyl (C=O) groups excluding carboxylic acids is 1. The molecule has 0 radical (unpaired) electrons. The van der Waals surface area contributed by atoms with E-state index >= 15 is 0 Å². The summed E-state index contributed by atoms with van der Waals surface area (Å²) in [4.78, 5) is 12.7. The first-order chi connectivity index (χ1) is 10.9. The summed E-state index contributed by atoms with van der Waals surface area (Å²) in [5.41, 5.74) is 0.241. The van der Waals surface area contributed by atoms with Gasteiger partial charge < -0.3 is 4.79 Å². The van der Waals surface area contributed by atoms with Crippen molar-refractivity contribution < 1.29 is 4.79 Å². The molecule has 0 aliphatic heterocycles. The van der Waals surface area contributed by atoms with Crippen molar-refractivity contribution in [1.29, 1.82) is 0 Å². The molecule has 10 aliphatic carbocycles. The first-order valence-electron chi connectivity index (χ1n) is 10.4. The highest BCUT2D eigenvalue weighted by atomic mass is 16.1. The molecule has 0 N–H and O–H groups in total. The van der Waals surface area contributed by atoms with Gasteiger partial charge in [-0.15, -0.1) is 0 Å². The second-order valence-corrected chi connectivity index (χ2v) is 11.6. The molecule has 22 heavy (non-hydrogen) atoms. The van der Waals surface area contributed by atoms with Gasteiger partial charge in [0.1, 0.15) is 6.29 Å².